The van der Waals surface area contributed by atoms with Crippen LogP contribution < -0.4 is 10.1 Å². The van der Waals surface area contributed by atoms with Crippen LogP contribution in [0.15, 0.2) is 71.1 Å². The number of carbonyl (C=O) groups excluding carboxylic acids is 3. The van der Waals surface area contributed by atoms with Gasteiger partial charge >= 0.3 is 12.1 Å². The smallest absolute Gasteiger partial charge is 0.410 e. The molecular weight excluding hydrogens is 548 g/mol. The fourth-order valence-corrected chi connectivity index (χ4v) is 6.31. The maximum Gasteiger partial charge on any atom is 0.410 e. The average Bonchev–Trinajstić information content (AvgIpc) is 2.95. The molecule has 2 aliphatic heterocycles. The summed E-state index contributed by atoms with van der Waals surface area (Å²) in [6, 6.07) is 14.4. The van der Waals surface area contributed by atoms with Gasteiger partial charge in [-0.25, -0.2) is 9.59 Å². The molecule has 228 valence electrons. The van der Waals surface area contributed by atoms with Gasteiger partial charge in [-0.15, -0.1) is 0 Å². The summed E-state index contributed by atoms with van der Waals surface area (Å²) >= 11 is 0. The Bertz CT molecular complexity index is 1490. The Morgan fingerprint density at radius 1 is 1.07 bits per heavy atom. The van der Waals surface area contributed by atoms with E-state index in [4.69, 9.17) is 14.2 Å². The number of ketones is 1. The largest absolute Gasteiger partial charge is 0.508 e. The number of nitrogens with zero attached hydrogens (tertiary/aromatic N) is 1. The van der Waals surface area contributed by atoms with Crippen molar-refractivity contribution in [3.8, 4) is 11.5 Å². The van der Waals surface area contributed by atoms with Crippen LogP contribution in [0.5, 0.6) is 11.5 Å². The van der Waals surface area contributed by atoms with Gasteiger partial charge in [0.15, 0.2) is 5.78 Å². The van der Waals surface area contributed by atoms with Crippen LogP contribution in [-0.2, 0) is 19.1 Å². The predicted octanol–water partition coefficient (Wildman–Crippen LogP) is 5.71. The first kappa shape index (κ1) is 30.2. The van der Waals surface area contributed by atoms with E-state index in [-0.39, 0.29) is 30.4 Å². The summed E-state index contributed by atoms with van der Waals surface area (Å²) in [7, 11) is 1.62. The number of ether oxygens (including phenoxy) is 3. The van der Waals surface area contributed by atoms with Crippen molar-refractivity contribution < 1.29 is 33.7 Å². The van der Waals surface area contributed by atoms with Crippen molar-refractivity contribution in [1.29, 1.82) is 0 Å². The summed E-state index contributed by atoms with van der Waals surface area (Å²) in [5.74, 6) is -0.673. The number of aromatic hydroxyl groups is 1. The molecule has 0 unspecified atom stereocenters. The lowest BCUT2D eigenvalue weighted by molar-refractivity contribution is -0.147. The van der Waals surface area contributed by atoms with Crippen molar-refractivity contribution in [2.75, 3.05) is 20.2 Å². The molecule has 0 bridgehead atoms. The zero-order chi connectivity index (χ0) is 30.9. The van der Waals surface area contributed by atoms with Crippen molar-refractivity contribution in [3.63, 3.8) is 0 Å². The molecule has 0 saturated carbocycles. The SMILES string of the molecule is COc1ccccc1[C@H]1CC(=O)C2=C(C1)NC(C)=C(C(=O)O[C@@H]1CCCN(C(=O)OC(C)(C)C)C1)[C@H]2c1cccc(O)c1. The highest BCUT2D eigenvalue weighted by molar-refractivity contribution is 6.04. The minimum Gasteiger partial charge on any atom is -0.508 e. The molecule has 5 rings (SSSR count). The van der Waals surface area contributed by atoms with E-state index in [0.29, 0.717) is 48.2 Å². The van der Waals surface area contributed by atoms with Crippen LogP contribution >= 0.6 is 0 Å². The number of likely N-dealkylation sites (tertiary alicyclic amines) is 1. The first-order valence-electron chi connectivity index (χ1n) is 14.8. The van der Waals surface area contributed by atoms with Gasteiger partial charge in [0.25, 0.3) is 0 Å². The van der Waals surface area contributed by atoms with Gasteiger partial charge in [0.1, 0.15) is 23.2 Å². The Labute approximate surface area is 252 Å². The summed E-state index contributed by atoms with van der Waals surface area (Å²) in [4.78, 5) is 42.1. The fourth-order valence-electron chi connectivity index (χ4n) is 6.31. The Balaban J connectivity index is 1.44. The molecule has 2 aromatic carbocycles. The number of benzene rings is 2. The number of dihydropyridines is 1. The van der Waals surface area contributed by atoms with Crippen LogP contribution in [0.4, 0.5) is 4.79 Å². The van der Waals surface area contributed by atoms with Gasteiger partial charge in [0.05, 0.1) is 19.2 Å². The minimum absolute atomic E-state index is 0.0407. The second-order valence-corrected chi connectivity index (χ2v) is 12.5. The zero-order valence-corrected chi connectivity index (χ0v) is 25.4. The van der Waals surface area contributed by atoms with Crippen molar-refractivity contribution in [2.45, 2.75) is 76.9 Å². The van der Waals surface area contributed by atoms with Crippen molar-refractivity contribution in [1.82, 2.24) is 10.2 Å². The Kier molecular flexibility index (Phi) is 8.53. The van der Waals surface area contributed by atoms with E-state index < -0.39 is 29.7 Å². The number of methoxy groups -OCH3 is 1. The quantitative estimate of drug-likeness (QED) is 0.428. The molecule has 2 N–H and O–H groups in total. The highest BCUT2D eigenvalue weighted by Crippen LogP contribution is 2.47. The number of hydrogen-bond acceptors (Lipinski definition) is 8. The van der Waals surface area contributed by atoms with E-state index in [1.54, 1.807) is 37.1 Å². The molecule has 3 aliphatic rings. The number of piperidine rings is 1. The first-order valence-corrected chi connectivity index (χ1v) is 14.8. The van der Waals surface area contributed by atoms with Crippen LogP contribution in [0.1, 0.15) is 76.3 Å². The number of hydrogen-bond donors (Lipinski definition) is 2. The second-order valence-electron chi connectivity index (χ2n) is 12.5. The fraction of sp³-hybridized carbons (Fsp3) is 0.441. The number of para-hydroxylation sites is 1. The molecule has 0 spiro atoms. The Hall–Kier alpha value is -4.27. The Morgan fingerprint density at radius 3 is 2.56 bits per heavy atom. The number of allylic oxidation sites excluding steroid dienone is 3. The van der Waals surface area contributed by atoms with E-state index in [2.05, 4.69) is 5.32 Å². The number of esters is 1. The average molecular weight is 589 g/mol. The predicted molar refractivity (Wildman–Crippen MR) is 161 cm³/mol. The number of rotatable bonds is 5. The van der Waals surface area contributed by atoms with Gasteiger partial charge in [0.2, 0.25) is 0 Å². The highest BCUT2D eigenvalue weighted by Gasteiger charge is 2.42. The third-order valence-electron chi connectivity index (χ3n) is 8.13. The van der Waals surface area contributed by atoms with Gasteiger partial charge in [-0.3, -0.25) is 4.79 Å². The number of carbonyl (C=O) groups is 3. The number of phenolic OH excluding ortho intramolecular Hbond substituents is 1. The minimum atomic E-state index is -0.715. The molecule has 9 nitrogen and oxygen atoms in total. The monoisotopic (exact) mass is 588 g/mol. The summed E-state index contributed by atoms with van der Waals surface area (Å²) in [5.41, 5.74) is 3.13. The molecule has 1 amide bonds. The highest BCUT2D eigenvalue weighted by atomic mass is 16.6. The Morgan fingerprint density at radius 2 is 1.84 bits per heavy atom. The van der Waals surface area contributed by atoms with Crippen LogP contribution in [0.2, 0.25) is 0 Å². The van der Waals surface area contributed by atoms with Crippen molar-refractivity contribution in [3.05, 3.63) is 82.2 Å². The lowest BCUT2D eigenvalue weighted by Crippen LogP contribution is -2.46. The van der Waals surface area contributed by atoms with E-state index in [1.807, 2.05) is 51.1 Å². The molecule has 1 fully saturated rings. The van der Waals surface area contributed by atoms with Crippen LogP contribution in [-0.4, -0.2) is 59.8 Å². The molecule has 3 atom stereocenters. The molecule has 2 heterocycles. The molecule has 0 aromatic heterocycles. The third-order valence-corrected chi connectivity index (χ3v) is 8.13. The molecule has 9 heteroatoms. The topological polar surface area (TPSA) is 114 Å². The number of nitrogens with one attached hydrogen (secondary N) is 1. The maximum absolute atomic E-state index is 13.9. The number of Topliss-reactive ketones (excluding diaryl/α,β-unsaturated/α-hetero) is 1. The number of phenols is 1. The van der Waals surface area contributed by atoms with Gasteiger partial charge in [-0.2, -0.15) is 0 Å². The summed E-state index contributed by atoms with van der Waals surface area (Å²) in [5, 5.41) is 13.7. The maximum atomic E-state index is 13.9. The summed E-state index contributed by atoms with van der Waals surface area (Å²) in [6.45, 7) is 8.00. The van der Waals surface area contributed by atoms with Gasteiger partial charge in [-0.05, 0) is 76.3 Å². The van der Waals surface area contributed by atoms with Crippen LogP contribution in [0.25, 0.3) is 0 Å². The lowest BCUT2D eigenvalue weighted by Gasteiger charge is -2.38. The molecular formula is C34H40N2O7. The molecule has 1 aliphatic carbocycles. The van der Waals surface area contributed by atoms with E-state index in [9.17, 15) is 19.5 Å². The van der Waals surface area contributed by atoms with Crippen LogP contribution in [0, 0.1) is 0 Å². The van der Waals surface area contributed by atoms with Gasteiger partial charge in [-0.1, -0.05) is 30.3 Å². The molecule has 1 saturated heterocycles. The summed E-state index contributed by atoms with van der Waals surface area (Å²) in [6.07, 6.45) is 1.13. The van der Waals surface area contributed by atoms with Crippen molar-refractivity contribution in [2.24, 2.45) is 0 Å². The van der Waals surface area contributed by atoms with E-state index >= 15 is 0 Å². The lowest BCUT2D eigenvalue weighted by atomic mass is 9.71. The third kappa shape index (κ3) is 6.55. The van der Waals surface area contributed by atoms with Crippen molar-refractivity contribution >= 4 is 17.8 Å². The molecule has 0 radical (unpaired) electrons. The number of amides is 1. The molecule has 43 heavy (non-hydrogen) atoms. The van der Waals surface area contributed by atoms with Gasteiger partial charge < -0.3 is 29.5 Å². The van der Waals surface area contributed by atoms with Crippen LogP contribution in [0.3, 0.4) is 0 Å². The first-order chi connectivity index (χ1) is 20.4. The second kappa shape index (κ2) is 12.1. The summed E-state index contributed by atoms with van der Waals surface area (Å²) < 4.78 is 17.1. The van der Waals surface area contributed by atoms with Gasteiger partial charge in [0, 0.05) is 41.8 Å². The standard InChI is InChI=1S/C34H40N2O7/c1-20-29(32(39)42-24-12-9-15-36(19-24)33(40)43-34(2,3)4)30(21-10-8-11-23(37)16-21)31-26(35-20)17-22(18-27(31)38)25-13-6-7-14-28(25)41-5/h6-8,10-11,13-14,16,22,24,30,35,37H,9,12,15,17-19H2,1-5H3/t22-,24-,30-/m1/s1. The van der Waals surface area contributed by atoms with E-state index in [1.165, 1.54) is 0 Å². The zero-order valence-electron chi connectivity index (χ0n) is 25.4. The normalized spacial score (nSPS) is 22.5. The molecule has 2 aromatic rings. The van der Waals surface area contributed by atoms with E-state index in [0.717, 1.165) is 17.0 Å².